The molecule has 0 spiro atoms. The quantitative estimate of drug-likeness (QED) is 0.675. The van der Waals surface area contributed by atoms with Crippen molar-refractivity contribution in [1.82, 2.24) is 14.7 Å². The number of piperazine rings is 1. The summed E-state index contributed by atoms with van der Waals surface area (Å²) in [5.74, 6) is -0.235. The standard InChI is InChI=1S/C27H36N4O3/c1-2-34-27(33)31-14-6-9-24(21-31)26(32)28-25-12-10-23(11-13-25)20-30-17-15-29(16-18-30)19-22-7-4-3-5-8-22/h3-5,7-8,10-13,24H,2,6,9,14-21H2,1H3,(H,28,32). The number of nitrogens with one attached hydrogen (secondary N) is 1. The van der Waals surface area contributed by atoms with Crippen LogP contribution < -0.4 is 5.32 Å². The third-order valence-electron chi connectivity index (χ3n) is 6.66. The van der Waals surface area contributed by atoms with Crippen molar-refractivity contribution >= 4 is 17.7 Å². The number of carbonyl (C=O) groups excluding carboxylic acids is 2. The van der Waals surface area contributed by atoms with Gasteiger partial charge in [-0.3, -0.25) is 14.6 Å². The van der Waals surface area contributed by atoms with Gasteiger partial charge in [0.1, 0.15) is 0 Å². The van der Waals surface area contributed by atoms with Crippen LogP contribution in [-0.2, 0) is 22.6 Å². The number of likely N-dealkylation sites (tertiary alicyclic amines) is 1. The van der Waals surface area contributed by atoms with Crippen LogP contribution >= 0.6 is 0 Å². The maximum atomic E-state index is 12.8. The summed E-state index contributed by atoms with van der Waals surface area (Å²) in [6.45, 7) is 9.42. The molecule has 2 amide bonds. The number of rotatable bonds is 7. The zero-order valence-electron chi connectivity index (χ0n) is 20.1. The van der Waals surface area contributed by atoms with E-state index in [1.54, 1.807) is 11.8 Å². The van der Waals surface area contributed by atoms with Gasteiger partial charge in [0.25, 0.3) is 0 Å². The Morgan fingerprint density at radius 3 is 2.12 bits per heavy atom. The van der Waals surface area contributed by atoms with Gasteiger partial charge in [0.15, 0.2) is 0 Å². The van der Waals surface area contributed by atoms with Crippen LogP contribution in [0.1, 0.15) is 30.9 Å². The Labute approximate surface area is 202 Å². The largest absolute Gasteiger partial charge is 0.450 e. The molecule has 2 saturated heterocycles. The maximum Gasteiger partial charge on any atom is 0.409 e. The second-order valence-electron chi connectivity index (χ2n) is 9.21. The van der Waals surface area contributed by atoms with Crippen molar-refractivity contribution in [1.29, 1.82) is 0 Å². The molecule has 0 radical (unpaired) electrons. The molecule has 4 rings (SSSR count). The number of piperidine rings is 1. The molecule has 2 aliphatic heterocycles. The number of benzene rings is 2. The van der Waals surface area contributed by atoms with Gasteiger partial charge in [-0.05, 0) is 43.0 Å². The average Bonchev–Trinajstić information content (AvgIpc) is 2.87. The molecular formula is C27H36N4O3. The van der Waals surface area contributed by atoms with Crippen LogP contribution in [0.3, 0.4) is 0 Å². The third kappa shape index (κ3) is 6.81. The zero-order valence-corrected chi connectivity index (χ0v) is 20.1. The number of ether oxygens (including phenoxy) is 1. The second-order valence-corrected chi connectivity index (χ2v) is 9.21. The van der Waals surface area contributed by atoms with Crippen LogP contribution in [0.15, 0.2) is 54.6 Å². The lowest BCUT2D eigenvalue weighted by Gasteiger charge is -2.34. The van der Waals surface area contributed by atoms with E-state index in [2.05, 4.69) is 57.6 Å². The summed E-state index contributed by atoms with van der Waals surface area (Å²) in [5, 5.41) is 3.02. The topological polar surface area (TPSA) is 65.1 Å². The van der Waals surface area contributed by atoms with Crippen molar-refractivity contribution < 1.29 is 14.3 Å². The maximum absolute atomic E-state index is 12.8. The fourth-order valence-corrected chi connectivity index (χ4v) is 4.71. The van der Waals surface area contributed by atoms with E-state index in [9.17, 15) is 9.59 Å². The van der Waals surface area contributed by atoms with Crippen LogP contribution in [0.5, 0.6) is 0 Å². The van der Waals surface area contributed by atoms with E-state index in [1.807, 2.05) is 12.1 Å². The SMILES string of the molecule is CCOC(=O)N1CCCC(C(=O)Nc2ccc(CN3CCN(Cc4ccccc4)CC3)cc2)C1. The van der Waals surface area contributed by atoms with Gasteiger partial charge in [-0.1, -0.05) is 42.5 Å². The highest BCUT2D eigenvalue weighted by atomic mass is 16.6. The molecule has 2 aromatic carbocycles. The minimum Gasteiger partial charge on any atom is -0.450 e. The summed E-state index contributed by atoms with van der Waals surface area (Å²) in [5.41, 5.74) is 3.42. The molecule has 0 bridgehead atoms. The molecule has 1 unspecified atom stereocenters. The Morgan fingerprint density at radius 1 is 0.882 bits per heavy atom. The Morgan fingerprint density at radius 2 is 1.50 bits per heavy atom. The number of nitrogens with zero attached hydrogens (tertiary/aromatic N) is 3. The Balaban J connectivity index is 1.21. The van der Waals surface area contributed by atoms with E-state index in [4.69, 9.17) is 4.74 Å². The molecule has 182 valence electrons. The van der Waals surface area contributed by atoms with Crippen molar-refractivity contribution in [3.05, 3.63) is 65.7 Å². The Bertz CT molecular complexity index is 927. The first-order valence-corrected chi connectivity index (χ1v) is 12.4. The van der Waals surface area contributed by atoms with Gasteiger partial charge in [-0.2, -0.15) is 0 Å². The monoisotopic (exact) mass is 464 g/mol. The summed E-state index contributed by atoms with van der Waals surface area (Å²) in [7, 11) is 0. The Kier molecular flexibility index (Phi) is 8.55. The van der Waals surface area contributed by atoms with E-state index in [-0.39, 0.29) is 17.9 Å². The molecule has 7 nitrogen and oxygen atoms in total. The van der Waals surface area contributed by atoms with Gasteiger partial charge in [-0.15, -0.1) is 0 Å². The van der Waals surface area contributed by atoms with E-state index >= 15 is 0 Å². The third-order valence-corrected chi connectivity index (χ3v) is 6.66. The van der Waals surface area contributed by atoms with Gasteiger partial charge in [0.2, 0.25) is 5.91 Å². The minimum atomic E-state index is -0.328. The lowest BCUT2D eigenvalue weighted by molar-refractivity contribution is -0.121. The fourth-order valence-electron chi connectivity index (χ4n) is 4.71. The first-order chi connectivity index (χ1) is 16.6. The molecule has 2 aliphatic rings. The van der Waals surface area contributed by atoms with Gasteiger partial charge in [-0.25, -0.2) is 4.79 Å². The molecule has 1 N–H and O–H groups in total. The summed E-state index contributed by atoms with van der Waals surface area (Å²) in [6.07, 6.45) is 1.27. The van der Waals surface area contributed by atoms with E-state index < -0.39 is 0 Å². The number of hydrogen-bond donors (Lipinski definition) is 1. The molecular weight excluding hydrogens is 428 g/mol. The van der Waals surface area contributed by atoms with Crippen LogP contribution in [0.2, 0.25) is 0 Å². The smallest absolute Gasteiger partial charge is 0.409 e. The lowest BCUT2D eigenvalue weighted by Crippen LogP contribution is -2.45. The van der Waals surface area contributed by atoms with Gasteiger partial charge in [0, 0.05) is 58.0 Å². The van der Waals surface area contributed by atoms with Crippen molar-refractivity contribution in [2.24, 2.45) is 5.92 Å². The average molecular weight is 465 g/mol. The van der Waals surface area contributed by atoms with E-state index in [0.717, 1.165) is 57.8 Å². The van der Waals surface area contributed by atoms with Gasteiger partial charge < -0.3 is 15.0 Å². The molecule has 7 heteroatoms. The molecule has 0 aromatic heterocycles. The molecule has 2 heterocycles. The molecule has 2 aromatic rings. The number of hydrogen-bond acceptors (Lipinski definition) is 5. The van der Waals surface area contributed by atoms with E-state index in [1.165, 1.54) is 11.1 Å². The predicted octanol–water partition coefficient (Wildman–Crippen LogP) is 3.81. The number of carbonyl (C=O) groups is 2. The minimum absolute atomic E-state index is 0.0312. The fraction of sp³-hybridized carbons (Fsp3) is 0.481. The van der Waals surface area contributed by atoms with Gasteiger partial charge >= 0.3 is 6.09 Å². The molecule has 1 atom stereocenters. The summed E-state index contributed by atoms with van der Waals surface area (Å²) in [4.78, 5) is 31.4. The normalized spacial score (nSPS) is 19.6. The van der Waals surface area contributed by atoms with Crippen LogP contribution in [0.4, 0.5) is 10.5 Å². The number of anilines is 1. The van der Waals surface area contributed by atoms with Crippen molar-refractivity contribution in [3.8, 4) is 0 Å². The zero-order chi connectivity index (χ0) is 23.8. The van der Waals surface area contributed by atoms with Crippen molar-refractivity contribution in [3.63, 3.8) is 0 Å². The van der Waals surface area contributed by atoms with Gasteiger partial charge in [0.05, 0.1) is 12.5 Å². The highest BCUT2D eigenvalue weighted by Crippen LogP contribution is 2.20. The highest BCUT2D eigenvalue weighted by molar-refractivity contribution is 5.93. The van der Waals surface area contributed by atoms with Crippen molar-refractivity contribution in [2.75, 3.05) is 51.2 Å². The van der Waals surface area contributed by atoms with Crippen molar-refractivity contribution in [2.45, 2.75) is 32.9 Å². The number of amides is 2. The summed E-state index contributed by atoms with van der Waals surface area (Å²) < 4.78 is 5.08. The van der Waals surface area contributed by atoms with Crippen LogP contribution in [0, 0.1) is 5.92 Å². The molecule has 0 saturated carbocycles. The molecule has 0 aliphatic carbocycles. The second kappa shape index (κ2) is 12.0. The summed E-state index contributed by atoms with van der Waals surface area (Å²) in [6, 6.07) is 18.8. The molecule has 2 fully saturated rings. The molecule has 34 heavy (non-hydrogen) atoms. The lowest BCUT2D eigenvalue weighted by atomic mass is 9.97. The predicted molar refractivity (Wildman–Crippen MR) is 133 cm³/mol. The first kappa shape index (κ1) is 24.2. The van der Waals surface area contributed by atoms with Crippen LogP contribution in [0.25, 0.3) is 0 Å². The Hall–Kier alpha value is -2.90. The van der Waals surface area contributed by atoms with Crippen LogP contribution in [-0.4, -0.2) is 72.6 Å². The highest BCUT2D eigenvalue weighted by Gasteiger charge is 2.29. The summed E-state index contributed by atoms with van der Waals surface area (Å²) >= 11 is 0. The van der Waals surface area contributed by atoms with E-state index in [0.29, 0.717) is 19.7 Å². The first-order valence-electron chi connectivity index (χ1n) is 12.4.